The Kier molecular flexibility index (Phi) is 3.73. The van der Waals surface area contributed by atoms with Crippen LogP contribution in [-0.4, -0.2) is 32.3 Å². The molecule has 0 saturated heterocycles. The molecule has 1 N–H and O–H groups in total. The van der Waals surface area contributed by atoms with Crippen LogP contribution in [0.3, 0.4) is 0 Å². The van der Waals surface area contributed by atoms with E-state index in [0.717, 1.165) is 19.3 Å². The van der Waals surface area contributed by atoms with Crippen LogP contribution in [0.25, 0.3) is 0 Å². The van der Waals surface area contributed by atoms with Crippen molar-refractivity contribution in [1.29, 1.82) is 0 Å². The first-order valence-electron chi connectivity index (χ1n) is 6.68. The second-order valence-electron chi connectivity index (χ2n) is 5.86. The van der Waals surface area contributed by atoms with Gasteiger partial charge in [0.15, 0.2) is 0 Å². The quantitative estimate of drug-likeness (QED) is 0.892. The summed E-state index contributed by atoms with van der Waals surface area (Å²) in [5.41, 5.74) is -0.330. The topological polar surface area (TPSA) is 60.2 Å². The lowest BCUT2D eigenvalue weighted by Crippen LogP contribution is -2.25. The normalized spacial score (nSPS) is 25.0. The zero-order chi connectivity index (χ0) is 13.3. The Hall–Kier alpha value is -0.940. The van der Waals surface area contributed by atoms with Gasteiger partial charge >= 0.3 is 0 Å². The highest BCUT2D eigenvalue weighted by Crippen LogP contribution is 2.33. The first-order chi connectivity index (χ1) is 8.38. The van der Waals surface area contributed by atoms with E-state index in [4.69, 9.17) is 4.74 Å². The molecule has 0 amide bonds. The molecule has 1 saturated carbocycles. The fraction of sp³-hybridized carbons (Fsp3) is 0.846. The van der Waals surface area contributed by atoms with E-state index in [1.165, 1.54) is 0 Å². The molecule has 102 valence electrons. The highest BCUT2D eigenvalue weighted by atomic mass is 16.5. The van der Waals surface area contributed by atoms with Crippen LogP contribution < -0.4 is 0 Å². The maximum absolute atomic E-state index is 9.91. The minimum atomic E-state index is -0.939. The molecular weight excluding hydrogens is 230 g/mol. The van der Waals surface area contributed by atoms with Crippen molar-refractivity contribution < 1.29 is 9.84 Å². The molecule has 1 fully saturated rings. The van der Waals surface area contributed by atoms with Gasteiger partial charge in [0.2, 0.25) is 0 Å². The second-order valence-corrected chi connectivity index (χ2v) is 5.86. The fourth-order valence-electron chi connectivity index (χ4n) is 2.44. The first-order valence-corrected chi connectivity index (χ1v) is 6.68. The third-order valence-corrected chi connectivity index (χ3v) is 3.34. The van der Waals surface area contributed by atoms with Gasteiger partial charge in [0.25, 0.3) is 0 Å². The van der Waals surface area contributed by atoms with E-state index >= 15 is 0 Å². The zero-order valence-electron chi connectivity index (χ0n) is 11.6. The van der Waals surface area contributed by atoms with Crippen LogP contribution >= 0.6 is 0 Å². The van der Waals surface area contributed by atoms with Gasteiger partial charge in [-0.25, -0.2) is 4.68 Å². The Bertz CT molecular complexity index is 395. The van der Waals surface area contributed by atoms with Crippen LogP contribution in [0.5, 0.6) is 0 Å². The number of hydrogen-bond donors (Lipinski definition) is 1. The predicted octanol–water partition coefficient (Wildman–Crippen LogP) is 2.02. The lowest BCUT2D eigenvalue weighted by atomic mass is 10.1. The Morgan fingerprint density at radius 3 is 2.72 bits per heavy atom. The standard InChI is InChI=1S/C13H23N3O2/c1-9(2)18-11-7-5-6-10(11)16-8-12(14-15-16)13(3,4)17/h8-11,17H,5-7H2,1-4H3/t10-,11-/m1/s1. The van der Waals surface area contributed by atoms with Gasteiger partial charge in [-0.1, -0.05) is 5.21 Å². The highest BCUT2D eigenvalue weighted by molar-refractivity contribution is 5.04. The van der Waals surface area contributed by atoms with Crippen LogP contribution in [0.15, 0.2) is 6.20 Å². The van der Waals surface area contributed by atoms with E-state index < -0.39 is 5.60 Å². The molecule has 1 aromatic rings. The average Bonchev–Trinajstić information content (AvgIpc) is 2.81. The number of nitrogens with zero attached hydrogens (tertiary/aromatic N) is 3. The summed E-state index contributed by atoms with van der Waals surface area (Å²) in [5, 5.41) is 18.1. The number of ether oxygens (including phenoxy) is 1. The molecule has 5 heteroatoms. The SMILES string of the molecule is CC(C)O[C@@H]1CCC[C@H]1n1cc(C(C)(C)O)nn1. The van der Waals surface area contributed by atoms with Crippen molar-refractivity contribution in [3.8, 4) is 0 Å². The molecular formula is C13H23N3O2. The van der Waals surface area contributed by atoms with Crippen molar-refractivity contribution in [2.45, 2.75) is 70.8 Å². The molecule has 0 aliphatic heterocycles. The molecule has 2 atom stereocenters. The molecule has 1 aliphatic carbocycles. The lowest BCUT2D eigenvalue weighted by molar-refractivity contribution is -0.0124. The average molecular weight is 253 g/mol. The van der Waals surface area contributed by atoms with Crippen molar-refractivity contribution in [1.82, 2.24) is 15.0 Å². The van der Waals surface area contributed by atoms with Crippen molar-refractivity contribution >= 4 is 0 Å². The van der Waals surface area contributed by atoms with E-state index in [9.17, 15) is 5.11 Å². The Labute approximate surface area is 108 Å². The summed E-state index contributed by atoms with van der Waals surface area (Å²) in [6, 6.07) is 0.246. The molecule has 0 radical (unpaired) electrons. The summed E-state index contributed by atoms with van der Waals surface area (Å²) in [4.78, 5) is 0. The predicted molar refractivity (Wildman–Crippen MR) is 68.2 cm³/mol. The fourth-order valence-corrected chi connectivity index (χ4v) is 2.44. The van der Waals surface area contributed by atoms with Gasteiger partial charge in [-0.15, -0.1) is 5.10 Å². The maximum atomic E-state index is 9.91. The highest BCUT2D eigenvalue weighted by Gasteiger charge is 2.32. The summed E-state index contributed by atoms with van der Waals surface area (Å²) in [6.45, 7) is 7.55. The monoisotopic (exact) mass is 253 g/mol. The number of rotatable bonds is 4. The Morgan fingerprint density at radius 2 is 2.17 bits per heavy atom. The molecule has 1 heterocycles. The van der Waals surface area contributed by atoms with Crippen LogP contribution in [0.4, 0.5) is 0 Å². The lowest BCUT2D eigenvalue weighted by Gasteiger charge is -2.22. The summed E-state index contributed by atoms with van der Waals surface area (Å²) < 4.78 is 7.78. The van der Waals surface area contributed by atoms with Gasteiger partial charge in [-0.3, -0.25) is 0 Å². The van der Waals surface area contributed by atoms with Crippen molar-refractivity contribution in [3.63, 3.8) is 0 Å². The third kappa shape index (κ3) is 2.90. The van der Waals surface area contributed by atoms with Gasteiger partial charge in [-0.05, 0) is 47.0 Å². The zero-order valence-corrected chi connectivity index (χ0v) is 11.6. The molecule has 18 heavy (non-hydrogen) atoms. The Morgan fingerprint density at radius 1 is 1.44 bits per heavy atom. The van der Waals surface area contributed by atoms with Crippen molar-refractivity contribution in [2.75, 3.05) is 0 Å². The van der Waals surface area contributed by atoms with E-state index in [1.807, 2.05) is 10.9 Å². The molecule has 0 spiro atoms. The molecule has 2 rings (SSSR count). The molecule has 0 bridgehead atoms. The van der Waals surface area contributed by atoms with Crippen LogP contribution in [0, 0.1) is 0 Å². The van der Waals surface area contributed by atoms with Gasteiger partial charge in [0.1, 0.15) is 11.3 Å². The van der Waals surface area contributed by atoms with Gasteiger partial charge in [0, 0.05) is 0 Å². The van der Waals surface area contributed by atoms with Crippen LogP contribution in [0.2, 0.25) is 0 Å². The van der Waals surface area contributed by atoms with Gasteiger partial charge in [0.05, 0.1) is 24.4 Å². The second kappa shape index (κ2) is 4.97. The minimum Gasteiger partial charge on any atom is -0.384 e. The van der Waals surface area contributed by atoms with E-state index in [0.29, 0.717) is 5.69 Å². The minimum absolute atomic E-state index is 0.210. The van der Waals surface area contributed by atoms with Gasteiger partial charge in [-0.2, -0.15) is 0 Å². The molecule has 0 unspecified atom stereocenters. The Balaban J connectivity index is 2.13. The summed E-state index contributed by atoms with van der Waals surface area (Å²) in [5.74, 6) is 0. The summed E-state index contributed by atoms with van der Waals surface area (Å²) >= 11 is 0. The van der Waals surface area contributed by atoms with Crippen LogP contribution in [0.1, 0.15) is 58.7 Å². The smallest absolute Gasteiger partial charge is 0.114 e. The summed E-state index contributed by atoms with van der Waals surface area (Å²) in [7, 11) is 0. The van der Waals surface area contributed by atoms with E-state index in [-0.39, 0.29) is 18.2 Å². The van der Waals surface area contributed by atoms with E-state index in [1.54, 1.807) is 13.8 Å². The molecule has 5 nitrogen and oxygen atoms in total. The molecule has 0 aromatic carbocycles. The third-order valence-electron chi connectivity index (χ3n) is 3.34. The van der Waals surface area contributed by atoms with Crippen LogP contribution in [-0.2, 0) is 10.3 Å². The number of hydrogen-bond acceptors (Lipinski definition) is 4. The number of aromatic nitrogens is 3. The molecule has 1 aromatic heterocycles. The summed E-state index contributed by atoms with van der Waals surface area (Å²) in [6.07, 6.45) is 5.56. The van der Waals surface area contributed by atoms with Gasteiger partial charge < -0.3 is 9.84 Å². The van der Waals surface area contributed by atoms with E-state index in [2.05, 4.69) is 24.2 Å². The van der Waals surface area contributed by atoms with Crippen molar-refractivity contribution in [2.24, 2.45) is 0 Å². The largest absolute Gasteiger partial charge is 0.384 e. The number of aliphatic hydroxyl groups is 1. The maximum Gasteiger partial charge on any atom is 0.114 e. The van der Waals surface area contributed by atoms with Crippen molar-refractivity contribution in [3.05, 3.63) is 11.9 Å². The first kappa shape index (κ1) is 13.5. The molecule has 1 aliphatic rings.